The standard InChI is InChI=1S/C21H23FN2O4S/c1-14(29-13-18(25)23-17-11-9-16(22)10-12-17)21(27)28-19(20(26)24(2)3)15-7-5-4-6-8-15/h4-12,14,19H,13H2,1-3H3,(H,23,25). The number of nitrogens with zero attached hydrogens (tertiary/aromatic N) is 1. The Bertz CT molecular complexity index is 844. The van der Waals surface area contributed by atoms with Crippen LogP contribution in [0.3, 0.4) is 0 Å². The van der Waals surface area contributed by atoms with Gasteiger partial charge in [0.05, 0.1) is 5.75 Å². The number of hydrogen-bond acceptors (Lipinski definition) is 5. The average Bonchev–Trinajstić information content (AvgIpc) is 2.71. The van der Waals surface area contributed by atoms with Crippen LogP contribution in [0, 0.1) is 5.82 Å². The van der Waals surface area contributed by atoms with Gasteiger partial charge in [-0.15, -0.1) is 11.8 Å². The van der Waals surface area contributed by atoms with Crippen LogP contribution >= 0.6 is 11.8 Å². The zero-order valence-corrected chi connectivity index (χ0v) is 17.2. The van der Waals surface area contributed by atoms with Crippen molar-refractivity contribution in [2.75, 3.05) is 25.2 Å². The van der Waals surface area contributed by atoms with Crippen molar-refractivity contribution in [2.24, 2.45) is 0 Å². The van der Waals surface area contributed by atoms with Gasteiger partial charge in [0.2, 0.25) is 12.0 Å². The SMILES string of the molecule is CC(SCC(=O)Nc1ccc(F)cc1)C(=O)OC(C(=O)N(C)C)c1ccccc1. The molecule has 2 aromatic carbocycles. The first kappa shape index (κ1) is 22.4. The third kappa shape index (κ3) is 6.90. The van der Waals surface area contributed by atoms with Crippen molar-refractivity contribution in [3.8, 4) is 0 Å². The highest BCUT2D eigenvalue weighted by molar-refractivity contribution is 8.01. The number of carbonyl (C=O) groups excluding carboxylic acids is 3. The first-order chi connectivity index (χ1) is 13.8. The molecule has 2 amide bonds. The number of likely N-dealkylation sites (N-methyl/N-ethyl adjacent to an activating group) is 1. The van der Waals surface area contributed by atoms with Crippen molar-refractivity contribution in [1.29, 1.82) is 0 Å². The van der Waals surface area contributed by atoms with Gasteiger partial charge in [0.15, 0.2) is 0 Å². The average molecular weight is 418 g/mol. The van der Waals surface area contributed by atoms with E-state index in [4.69, 9.17) is 4.74 Å². The maximum absolute atomic E-state index is 12.9. The van der Waals surface area contributed by atoms with Gasteiger partial charge >= 0.3 is 5.97 Å². The van der Waals surface area contributed by atoms with Crippen LogP contribution < -0.4 is 5.32 Å². The Morgan fingerprint density at radius 3 is 2.28 bits per heavy atom. The lowest BCUT2D eigenvalue weighted by Crippen LogP contribution is -2.33. The lowest BCUT2D eigenvalue weighted by Gasteiger charge is -2.22. The quantitative estimate of drug-likeness (QED) is 0.666. The number of esters is 1. The van der Waals surface area contributed by atoms with Gasteiger partial charge in [-0.3, -0.25) is 14.4 Å². The highest BCUT2D eigenvalue weighted by atomic mass is 32.2. The number of thioether (sulfide) groups is 1. The predicted molar refractivity (Wildman–Crippen MR) is 111 cm³/mol. The topological polar surface area (TPSA) is 75.7 Å². The minimum atomic E-state index is -1.05. The molecule has 2 unspecified atom stereocenters. The predicted octanol–water partition coefficient (Wildman–Crippen LogP) is 3.26. The van der Waals surface area contributed by atoms with Crippen molar-refractivity contribution >= 4 is 35.2 Å². The van der Waals surface area contributed by atoms with E-state index in [2.05, 4.69) is 5.32 Å². The molecule has 0 heterocycles. The van der Waals surface area contributed by atoms with Gasteiger partial charge in [0, 0.05) is 25.3 Å². The molecule has 0 saturated heterocycles. The maximum Gasteiger partial charge on any atom is 0.319 e. The Balaban J connectivity index is 1.92. The highest BCUT2D eigenvalue weighted by Crippen LogP contribution is 2.23. The number of carbonyl (C=O) groups is 3. The summed E-state index contributed by atoms with van der Waals surface area (Å²) in [5.74, 6) is -1.66. The molecule has 0 spiro atoms. The van der Waals surface area contributed by atoms with Gasteiger partial charge in [-0.05, 0) is 31.2 Å². The van der Waals surface area contributed by atoms with Gasteiger partial charge in [-0.2, -0.15) is 0 Å². The number of nitrogens with one attached hydrogen (secondary N) is 1. The number of rotatable bonds is 8. The Morgan fingerprint density at radius 1 is 1.07 bits per heavy atom. The Labute approximate surface area is 173 Å². The molecule has 0 aromatic heterocycles. The van der Waals surface area contributed by atoms with Gasteiger partial charge in [0.25, 0.3) is 5.91 Å². The van der Waals surface area contributed by atoms with E-state index in [1.54, 1.807) is 51.4 Å². The molecule has 0 saturated carbocycles. The van der Waals surface area contributed by atoms with Crippen molar-refractivity contribution in [2.45, 2.75) is 18.3 Å². The van der Waals surface area contributed by atoms with Crippen molar-refractivity contribution < 1.29 is 23.5 Å². The van der Waals surface area contributed by atoms with E-state index in [-0.39, 0.29) is 17.6 Å². The normalized spacial score (nSPS) is 12.6. The fourth-order valence-corrected chi connectivity index (χ4v) is 3.00. The second-order valence-corrected chi connectivity index (χ2v) is 7.80. The lowest BCUT2D eigenvalue weighted by molar-refractivity contribution is -0.159. The fourth-order valence-electron chi connectivity index (χ4n) is 2.33. The van der Waals surface area contributed by atoms with Crippen LogP contribution in [0.2, 0.25) is 0 Å². The third-order valence-electron chi connectivity index (χ3n) is 3.93. The van der Waals surface area contributed by atoms with Gasteiger partial charge in [-0.1, -0.05) is 30.3 Å². The molecular formula is C21H23FN2O4S. The van der Waals surface area contributed by atoms with Crippen LogP contribution in [0.25, 0.3) is 0 Å². The summed E-state index contributed by atoms with van der Waals surface area (Å²) in [6, 6.07) is 14.2. The highest BCUT2D eigenvalue weighted by Gasteiger charge is 2.28. The van der Waals surface area contributed by atoms with Crippen molar-refractivity contribution in [3.05, 3.63) is 66.0 Å². The molecule has 0 aliphatic rings. The van der Waals surface area contributed by atoms with Crippen LogP contribution in [-0.4, -0.2) is 47.8 Å². The van der Waals surface area contributed by atoms with E-state index in [1.807, 2.05) is 0 Å². The molecule has 1 N–H and O–H groups in total. The fraction of sp³-hybridized carbons (Fsp3) is 0.286. The van der Waals surface area contributed by atoms with Gasteiger partial charge < -0.3 is 15.0 Å². The zero-order chi connectivity index (χ0) is 21.4. The summed E-state index contributed by atoms with van der Waals surface area (Å²) in [5, 5.41) is 1.97. The molecule has 8 heteroatoms. The summed E-state index contributed by atoms with van der Waals surface area (Å²) in [4.78, 5) is 38.3. The molecule has 154 valence electrons. The Kier molecular flexibility index (Phi) is 8.21. The number of hydrogen-bond donors (Lipinski definition) is 1. The molecular weight excluding hydrogens is 395 g/mol. The number of anilines is 1. The number of halogens is 1. The second-order valence-electron chi connectivity index (χ2n) is 6.47. The minimum Gasteiger partial charge on any atom is -0.446 e. The van der Waals surface area contributed by atoms with Gasteiger partial charge in [-0.25, -0.2) is 4.39 Å². The van der Waals surface area contributed by atoms with E-state index in [1.165, 1.54) is 29.2 Å². The van der Waals surface area contributed by atoms with E-state index >= 15 is 0 Å². The molecule has 0 bridgehead atoms. The summed E-state index contributed by atoms with van der Waals surface area (Å²) in [5.41, 5.74) is 1.04. The molecule has 0 fully saturated rings. The maximum atomic E-state index is 12.9. The number of amides is 2. The molecule has 2 rings (SSSR count). The summed E-state index contributed by atoms with van der Waals surface area (Å²) >= 11 is 1.09. The summed E-state index contributed by atoms with van der Waals surface area (Å²) in [6.45, 7) is 1.61. The molecule has 0 radical (unpaired) electrons. The van der Waals surface area contributed by atoms with Gasteiger partial charge in [0.1, 0.15) is 11.1 Å². The summed E-state index contributed by atoms with van der Waals surface area (Å²) in [7, 11) is 3.17. The van der Waals surface area contributed by atoms with E-state index in [9.17, 15) is 18.8 Å². The first-order valence-electron chi connectivity index (χ1n) is 8.91. The molecule has 2 aromatic rings. The van der Waals surface area contributed by atoms with Crippen LogP contribution in [0.4, 0.5) is 10.1 Å². The molecule has 29 heavy (non-hydrogen) atoms. The Hall–Kier alpha value is -2.87. The lowest BCUT2D eigenvalue weighted by atomic mass is 10.1. The zero-order valence-electron chi connectivity index (χ0n) is 16.4. The van der Waals surface area contributed by atoms with Crippen LogP contribution in [0.15, 0.2) is 54.6 Å². The minimum absolute atomic E-state index is 0.00523. The van der Waals surface area contributed by atoms with Crippen molar-refractivity contribution in [1.82, 2.24) is 4.90 Å². The van der Waals surface area contributed by atoms with Crippen LogP contribution in [0.5, 0.6) is 0 Å². The largest absolute Gasteiger partial charge is 0.446 e. The Morgan fingerprint density at radius 2 is 1.69 bits per heavy atom. The number of ether oxygens (including phenoxy) is 1. The molecule has 0 aliphatic carbocycles. The smallest absolute Gasteiger partial charge is 0.319 e. The van der Waals surface area contributed by atoms with E-state index < -0.39 is 23.1 Å². The van der Waals surface area contributed by atoms with Crippen LogP contribution in [-0.2, 0) is 19.1 Å². The second kappa shape index (κ2) is 10.6. The van der Waals surface area contributed by atoms with Crippen LogP contribution in [0.1, 0.15) is 18.6 Å². The first-order valence-corrected chi connectivity index (χ1v) is 9.96. The third-order valence-corrected chi connectivity index (χ3v) is 5.05. The molecule has 2 atom stereocenters. The molecule has 6 nitrogen and oxygen atoms in total. The molecule has 0 aliphatic heterocycles. The summed E-state index contributed by atoms with van der Waals surface area (Å²) in [6.07, 6.45) is -1.05. The van der Waals surface area contributed by atoms with Crippen molar-refractivity contribution in [3.63, 3.8) is 0 Å². The van der Waals surface area contributed by atoms with E-state index in [0.29, 0.717) is 11.3 Å². The summed E-state index contributed by atoms with van der Waals surface area (Å²) < 4.78 is 18.4. The van der Waals surface area contributed by atoms with E-state index in [0.717, 1.165) is 11.8 Å². The monoisotopic (exact) mass is 418 g/mol. The number of benzene rings is 2.